The van der Waals surface area contributed by atoms with Crippen molar-refractivity contribution in [1.82, 2.24) is 0 Å². The lowest BCUT2D eigenvalue weighted by molar-refractivity contribution is -0.141. The van der Waals surface area contributed by atoms with E-state index in [1.54, 1.807) is 13.8 Å². The number of ether oxygens (including phenoxy) is 8. The van der Waals surface area contributed by atoms with E-state index >= 15 is 0 Å². The summed E-state index contributed by atoms with van der Waals surface area (Å²) < 4.78 is 44.8. The minimum atomic E-state index is -0.420. The molecule has 0 aliphatic heterocycles. The van der Waals surface area contributed by atoms with Crippen molar-refractivity contribution in [3.05, 3.63) is 71.8 Å². The van der Waals surface area contributed by atoms with Gasteiger partial charge < -0.3 is 37.9 Å². The van der Waals surface area contributed by atoms with Crippen LogP contribution in [0.1, 0.15) is 25.0 Å². The van der Waals surface area contributed by atoms with E-state index in [-0.39, 0.29) is 13.2 Å². The Balaban J connectivity index is 1.42. The molecular formula is C34H44O10. The Hall–Kier alpha value is -3.70. The van der Waals surface area contributed by atoms with E-state index < -0.39 is 11.9 Å². The predicted molar refractivity (Wildman–Crippen MR) is 166 cm³/mol. The number of benzene rings is 2. The Labute approximate surface area is 259 Å². The van der Waals surface area contributed by atoms with Crippen LogP contribution in [0.5, 0.6) is 11.5 Å². The van der Waals surface area contributed by atoms with Gasteiger partial charge in [0, 0.05) is 33.0 Å². The van der Waals surface area contributed by atoms with E-state index in [9.17, 15) is 9.59 Å². The highest BCUT2D eigenvalue weighted by Crippen LogP contribution is 2.43. The average molecular weight is 613 g/mol. The lowest BCUT2D eigenvalue weighted by Crippen LogP contribution is -2.16. The average Bonchev–Trinajstić information content (AvgIpc) is 3.02. The van der Waals surface area contributed by atoms with Crippen LogP contribution in [0, 0.1) is 0 Å². The summed E-state index contributed by atoms with van der Waals surface area (Å²) in [6.07, 6.45) is 5.81. The molecule has 0 radical (unpaired) electrons. The molecular weight excluding hydrogens is 568 g/mol. The van der Waals surface area contributed by atoms with Gasteiger partial charge in [0.1, 0.15) is 37.9 Å². The number of hydrogen-bond acceptors (Lipinski definition) is 10. The molecule has 2 aromatic carbocycles. The molecule has 0 amide bonds. The van der Waals surface area contributed by atoms with E-state index in [0.717, 1.165) is 46.2 Å². The van der Waals surface area contributed by atoms with Gasteiger partial charge in [-0.05, 0) is 26.7 Å². The second-order valence-corrected chi connectivity index (χ2v) is 10.0. The standard InChI is InChI=1S/C34H44O10/c1-25(2)33(35)43-23-19-39-15-13-37-17-21-41-31-27-9-5-7-11-29(27)32(30-12-8-6-10-28(30)31)42-22-18-38-14-16-40-20-24-44-34(36)26(3)4/h5-9,11H,1,3,10,12-24H2,2,4H3. The second kappa shape index (κ2) is 19.6. The number of carbonyl (C=O) groups is 2. The molecule has 1 aliphatic carbocycles. The van der Waals surface area contributed by atoms with Crippen LogP contribution in [0.2, 0.25) is 0 Å². The molecule has 10 heteroatoms. The van der Waals surface area contributed by atoms with Crippen molar-refractivity contribution >= 4 is 22.7 Å². The molecule has 0 spiro atoms. The number of esters is 2. The normalized spacial score (nSPS) is 12.0. The van der Waals surface area contributed by atoms with Gasteiger partial charge in [-0.15, -0.1) is 0 Å². The number of hydrogen-bond donors (Lipinski definition) is 0. The zero-order valence-electron chi connectivity index (χ0n) is 25.9. The van der Waals surface area contributed by atoms with Gasteiger partial charge in [0.05, 0.1) is 52.9 Å². The Morgan fingerprint density at radius 2 is 0.909 bits per heavy atom. The van der Waals surface area contributed by atoms with Crippen LogP contribution in [0.15, 0.2) is 60.7 Å². The van der Waals surface area contributed by atoms with Crippen molar-refractivity contribution in [2.75, 3.05) is 79.3 Å². The van der Waals surface area contributed by atoms with Crippen molar-refractivity contribution < 1.29 is 47.5 Å². The van der Waals surface area contributed by atoms with E-state index in [2.05, 4.69) is 25.3 Å². The largest absolute Gasteiger partial charge is 0.490 e. The van der Waals surface area contributed by atoms with Crippen LogP contribution in [-0.2, 0) is 50.9 Å². The highest BCUT2D eigenvalue weighted by molar-refractivity contribution is 5.96. The zero-order valence-corrected chi connectivity index (χ0v) is 25.9. The monoisotopic (exact) mass is 612 g/mol. The molecule has 0 fully saturated rings. The molecule has 3 rings (SSSR count). The first kappa shape index (κ1) is 34.8. The zero-order chi connectivity index (χ0) is 31.6. The van der Waals surface area contributed by atoms with Gasteiger partial charge in [0.2, 0.25) is 0 Å². The Bertz CT molecular complexity index is 1190. The number of carbonyl (C=O) groups excluding carboxylic acids is 2. The molecule has 1 aliphatic rings. The summed E-state index contributed by atoms with van der Waals surface area (Å²) in [6, 6.07) is 8.09. The molecule has 44 heavy (non-hydrogen) atoms. The number of fused-ring (bicyclic) bond motifs is 2. The van der Waals surface area contributed by atoms with Gasteiger partial charge in [0.25, 0.3) is 0 Å². The smallest absolute Gasteiger partial charge is 0.333 e. The molecule has 0 heterocycles. The van der Waals surface area contributed by atoms with Crippen molar-refractivity contribution in [2.45, 2.75) is 26.7 Å². The fraction of sp³-hybridized carbons (Fsp3) is 0.471. The quantitative estimate of drug-likeness (QED) is 0.0813. The third-order valence-corrected chi connectivity index (χ3v) is 6.45. The van der Waals surface area contributed by atoms with Crippen LogP contribution in [-0.4, -0.2) is 91.2 Å². The lowest BCUT2D eigenvalue weighted by atomic mass is 9.90. The van der Waals surface area contributed by atoms with Gasteiger partial charge in [-0.1, -0.05) is 49.6 Å². The Kier molecular flexibility index (Phi) is 15.5. The fourth-order valence-electron chi connectivity index (χ4n) is 4.32. The third-order valence-electron chi connectivity index (χ3n) is 6.45. The maximum absolute atomic E-state index is 11.4. The van der Waals surface area contributed by atoms with Gasteiger partial charge in [-0.2, -0.15) is 0 Å². The van der Waals surface area contributed by atoms with Gasteiger partial charge in [-0.25, -0.2) is 9.59 Å². The van der Waals surface area contributed by atoms with Crippen molar-refractivity contribution in [2.24, 2.45) is 0 Å². The first-order valence-corrected chi connectivity index (χ1v) is 14.8. The van der Waals surface area contributed by atoms with E-state index in [0.29, 0.717) is 77.2 Å². The molecule has 0 N–H and O–H groups in total. The van der Waals surface area contributed by atoms with Crippen LogP contribution in [0.3, 0.4) is 0 Å². The van der Waals surface area contributed by atoms with Gasteiger partial charge >= 0.3 is 11.9 Å². The molecule has 0 atom stereocenters. The maximum atomic E-state index is 11.4. The number of allylic oxidation sites excluding steroid dienone is 2. The summed E-state index contributed by atoms with van der Waals surface area (Å²) in [4.78, 5) is 22.7. The fourth-order valence-corrected chi connectivity index (χ4v) is 4.32. The Morgan fingerprint density at radius 1 is 0.568 bits per heavy atom. The van der Waals surface area contributed by atoms with Crippen molar-refractivity contribution in [3.8, 4) is 11.5 Å². The molecule has 0 unspecified atom stereocenters. The number of rotatable bonds is 22. The first-order valence-electron chi connectivity index (χ1n) is 14.8. The summed E-state index contributed by atoms with van der Waals surface area (Å²) in [5.41, 5.74) is 2.97. The maximum Gasteiger partial charge on any atom is 0.333 e. The lowest BCUT2D eigenvalue weighted by Gasteiger charge is -2.23. The highest BCUT2D eigenvalue weighted by atomic mass is 16.6. The van der Waals surface area contributed by atoms with Crippen LogP contribution in [0.25, 0.3) is 10.8 Å². The van der Waals surface area contributed by atoms with Crippen molar-refractivity contribution in [1.29, 1.82) is 0 Å². The summed E-state index contributed by atoms with van der Waals surface area (Å²) in [6.45, 7) is 14.5. The van der Waals surface area contributed by atoms with E-state index in [4.69, 9.17) is 37.9 Å². The Morgan fingerprint density at radius 3 is 1.27 bits per heavy atom. The summed E-state index contributed by atoms with van der Waals surface area (Å²) in [7, 11) is 0. The molecule has 0 aromatic heterocycles. The van der Waals surface area contributed by atoms with Gasteiger partial charge in [0.15, 0.2) is 0 Å². The SMILES string of the molecule is C=C(C)C(=O)OCCOCCOCCOc1c2c(c(OCCOCCOCCOC(=O)C(=C)C)c3ccccc13)CC=CC2. The summed E-state index contributed by atoms with van der Waals surface area (Å²) >= 11 is 0. The second-order valence-electron chi connectivity index (χ2n) is 10.0. The molecule has 0 saturated heterocycles. The van der Waals surface area contributed by atoms with E-state index in [1.165, 1.54) is 0 Å². The van der Waals surface area contributed by atoms with E-state index in [1.807, 2.05) is 24.3 Å². The van der Waals surface area contributed by atoms with Gasteiger partial charge in [-0.3, -0.25) is 0 Å². The first-order chi connectivity index (χ1) is 21.4. The molecule has 0 bridgehead atoms. The van der Waals surface area contributed by atoms with Crippen molar-refractivity contribution in [3.63, 3.8) is 0 Å². The molecule has 0 saturated carbocycles. The highest BCUT2D eigenvalue weighted by Gasteiger charge is 2.22. The predicted octanol–water partition coefficient (Wildman–Crippen LogP) is 4.56. The summed E-state index contributed by atoms with van der Waals surface area (Å²) in [5, 5.41) is 1.98. The third kappa shape index (κ3) is 11.4. The molecule has 10 nitrogen and oxygen atoms in total. The van der Waals surface area contributed by atoms with Crippen LogP contribution < -0.4 is 9.47 Å². The van der Waals surface area contributed by atoms with Crippen LogP contribution in [0.4, 0.5) is 0 Å². The minimum Gasteiger partial charge on any atom is -0.490 e. The molecule has 2 aromatic rings. The minimum absolute atomic E-state index is 0.181. The summed E-state index contributed by atoms with van der Waals surface area (Å²) in [5.74, 6) is 0.871. The topological polar surface area (TPSA) is 108 Å². The van der Waals surface area contributed by atoms with Crippen LogP contribution >= 0.6 is 0 Å². The molecule has 240 valence electrons.